The number of aliphatic hydroxyl groups is 1. The van der Waals surface area contributed by atoms with E-state index in [1.54, 1.807) is 0 Å². The van der Waals surface area contributed by atoms with Crippen molar-refractivity contribution in [2.45, 2.75) is 13.0 Å². The Balaban J connectivity index is 0.00000220. The number of aliphatic hydroxyl groups excluding tert-OH is 1. The van der Waals surface area contributed by atoms with Gasteiger partial charge in [-0.05, 0) is 29.7 Å². The summed E-state index contributed by atoms with van der Waals surface area (Å²) in [4.78, 5) is 4.29. The Kier molecular flexibility index (Phi) is 7.78. The molecule has 0 saturated carbocycles. The summed E-state index contributed by atoms with van der Waals surface area (Å²) in [5.41, 5.74) is 8.85. The van der Waals surface area contributed by atoms with Crippen LogP contribution in [0.15, 0.2) is 59.6 Å². The lowest BCUT2D eigenvalue weighted by Crippen LogP contribution is -2.23. The molecule has 4 nitrogen and oxygen atoms in total. The zero-order valence-electron chi connectivity index (χ0n) is 11.7. The minimum absolute atomic E-state index is 0. The first-order valence-corrected chi connectivity index (χ1v) is 6.58. The van der Waals surface area contributed by atoms with Gasteiger partial charge in [0.05, 0.1) is 6.61 Å². The lowest BCUT2D eigenvalue weighted by molar-refractivity contribution is 0.282. The Hall–Kier alpha value is -1.60. The van der Waals surface area contributed by atoms with Crippen LogP contribution >= 0.6 is 24.0 Å². The quantitative estimate of drug-likeness (QED) is 0.413. The Morgan fingerprint density at radius 2 is 1.62 bits per heavy atom. The standard InChI is InChI=1S/C16H19N3O.HI/c17-16(19-15-4-2-1-3-5-15)18-11-10-13-6-8-14(12-20)9-7-13;/h1-9,20H,10-12H2,(H3,17,18,19);1H. The third-order valence-electron chi connectivity index (χ3n) is 2.93. The molecule has 2 aromatic carbocycles. The molecule has 0 aliphatic carbocycles. The van der Waals surface area contributed by atoms with Crippen molar-refractivity contribution in [3.05, 3.63) is 65.7 Å². The predicted octanol–water partition coefficient (Wildman–Crippen LogP) is 2.77. The summed E-state index contributed by atoms with van der Waals surface area (Å²) in [6.45, 7) is 0.705. The normalized spacial score (nSPS) is 10.8. The minimum Gasteiger partial charge on any atom is -0.392 e. The van der Waals surface area contributed by atoms with Gasteiger partial charge in [-0.2, -0.15) is 0 Å². The second-order valence-corrected chi connectivity index (χ2v) is 4.48. The predicted molar refractivity (Wildman–Crippen MR) is 98.0 cm³/mol. The van der Waals surface area contributed by atoms with Gasteiger partial charge in [0.25, 0.3) is 0 Å². The van der Waals surface area contributed by atoms with Crippen LogP contribution in [0, 0.1) is 0 Å². The van der Waals surface area contributed by atoms with Crippen LogP contribution in [0.5, 0.6) is 0 Å². The van der Waals surface area contributed by atoms with Crippen LogP contribution in [0.4, 0.5) is 5.69 Å². The topological polar surface area (TPSA) is 70.6 Å². The fraction of sp³-hybridized carbons (Fsp3) is 0.188. The van der Waals surface area contributed by atoms with Gasteiger partial charge in [0.2, 0.25) is 0 Å². The van der Waals surface area contributed by atoms with Crippen LogP contribution in [0.2, 0.25) is 0 Å². The molecule has 0 fully saturated rings. The zero-order chi connectivity index (χ0) is 14.2. The third-order valence-corrected chi connectivity index (χ3v) is 2.93. The molecular weight excluding hydrogens is 377 g/mol. The second-order valence-electron chi connectivity index (χ2n) is 4.48. The maximum absolute atomic E-state index is 8.97. The summed E-state index contributed by atoms with van der Waals surface area (Å²) in [5.74, 6) is 0.420. The van der Waals surface area contributed by atoms with Crippen LogP contribution in [0.3, 0.4) is 0 Å². The molecule has 0 amide bonds. The van der Waals surface area contributed by atoms with Gasteiger partial charge in [-0.25, -0.2) is 0 Å². The van der Waals surface area contributed by atoms with E-state index in [4.69, 9.17) is 10.8 Å². The van der Waals surface area contributed by atoms with Gasteiger partial charge in [0, 0.05) is 12.2 Å². The number of hydrogen-bond donors (Lipinski definition) is 3. The number of anilines is 1. The summed E-state index contributed by atoms with van der Waals surface area (Å²) in [6.07, 6.45) is 0.822. The average Bonchev–Trinajstić information content (AvgIpc) is 2.49. The Bertz CT molecular complexity index is 555. The molecule has 5 heteroatoms. The number of hydrogen-bond acceptors (Lipinski definition) is 2. The number of rotatable bonds is 5. The number of nitrogens with zero attached hydrogens (tertiary/aromatic N) is 1. The number of guanidine groups is 1. The van der Waals surface area contributed by atoms with Crippen molar-refractivity contribution in [1.82, 2.24) is 0 Å². The fourth-order valence-electron chi connectivity index (χ4n) is 1.83. The number of para-hydroxylation sites is 1. The van der Waals surface area contributed by atoms with E-state index in [1.165, 1.54) is 5.56 Å². The van der Waals surface area contributed by atoms with Gasteiger partial charge in [-0.1, -0.05) is 42.5 Å². The minimum atomic E-state index is 0. The van der Waals surface area contributed by atoms with Gasteiger partial charge < -0.3 is 16.2 Å². The molecule has 0 unspecified atom stereocenters. The first-order chi connectivity index (χ1) is 9.78. The van der Waals surface area contributed by atoms with E-state index >= 15 is 0 Å². The number of halogens is 1. The van der Waals surface area contributed by atoms with Crippen LogP contribution in [-0.2, 0) is 13.0 Å². The molecule has 2 aromatic rings. The maximum atomic E-state index is 8.97. The van der Waals surface area contributed by atoms with Crippen molar-refractivity contribution in [2.75, 3.05) is 11.9 Å². The average molecular weight is 397 g/mol. The van der Waals surface area contributed by atoms with Crippen molar-refractivity contribution >= 4 is 35.6 Å². The Morgan fingerprint density at radius 3 is 2.24 bits per heavy atom. The third kappa shape index (κ3) is 6.14. The second kappa shape index (κ2) is 9.36. The highest BCUT2D eigenvalue weighted by Gasteiger charge is 1.96. The molecule has 2 rings (SSSR count). The van der Waals surface area contributed by atoms with Gasteiger partial charge in [-0.15, -0.1) is 24.0 Å². The lowest BCUT2D eigenvalue weighted by atomic mass is 10.1. The smallest absolute Gasteiger partial charge is 0.193 e. The Labute approximate surface area is 142 Å². The maximum Gasteiger partial charge on any atom is 0.193 e. The summed E-state index contributed by atoms with van der Waals surface area (Å²) in [7, 11) is 0. The van der Waals surface area contributed by atoms with E-state index in [-0.39, 0.29) is 30.6 Å². The van der Waals surface area contributed by atoms with Crippen molar-refractivity contribution in [3.8, 4) is 0 Å². The Morgan fingerprint density at radius 1 is 1.00 bits per heavy atom. The highest BCUT2D eigenvalue weighted by atomic mass is 127. The number of benzene rings is 2. The molecule has 0 aromatic heterocycles. The van der Waals surface area contributed by atoms with Gasteiger partial charge >= 0.3 is 0 Å². The van der Waals surface area contributed by atoms with Crippen LogP contribution < -0.4 is 11.1 Å². The van der Waals surface area contributed by atoms with Gasteiger partial charge in [0.15, 0.2) is 5.96 Å². The van der Waals surface area contributed by atoms with Crippen LogP contribution in [0.1, 0.15) is 11.1 Å². The molecule has 4 N–H and O–H groups in total. The first-order valence-electron chi connectivity index (χ1n) is 6.58. The van der Waals surface area contributed by atoms with E-state index < -0.39 is 0 Å². The molecule has 0 heterocycles. The number of aliphatic imine (C=N–C) groups is 1. The summed E-state index contributed by atoms with van der Waals surface area (Å²) >= 11 is 0. The molecular formula is C16H20IN3O. The molecule has 0 radical (unpaired) electrons. The fourth-order valence-corrected chi connectivity index (χ4v) is 1.83. The first kappa shape index (κ1) is 17.5. The van der Waals surface area contributed by atoms with Crippen molar-refractivity contribution < 1.29 is 5.11 Å². The molecule has 0 aliphatic heterocycles. The van der Waals surface area contributed by atoms with E-state index in [2.05, 4.69) is 10.3 Å². The van der Waals surface area contributed by atoms with E-state index in [0.29, 0.717) is 12.5 Å². The molecule has 0 aliphatic rings. The molecule has 0 saturated heterocycles. The largest absolute Gasteiger partial charge is 0.392 e. The lowest BCUT2D eigenvalue weighted by Gasteiger charge is -2.05. The van der Waals surface area contributed by atoms with Crippen molar-refractivity contribution in [3.63, 3.8) is 0 Å². The summed E-state index contributed by atoms with van der Waals surface area (Å²) in [6, 6.07) is 17.6. The zero-order valence-corrected chi connectivity index (χ0v) is 14.0. The van der Waals surface area contributed by atoms with Crippen LogP contribution in [0.25, 0.3) is 0 Å². The molecule has 0 bridgehead atoms. The van der Waals surface area contributed by atoms with E-state index in [9.17, 15) is 0 Å². The van der Waals surface area contributed by atoms with Crippen molar-refractivity contribution in [2.24, 2.45) is 10.7 Å². The monoisotopic (exact) mass is 397 g/mol. The molecule has 21 heavy (non-hydrogen) atoms. The van der Waals surface area contributed by atoms with Crippen molar-refractivity contribution in [1.29, 1.82) is 0 Å². The SMILES string of the molecule is I.NC(=NCCc1ccc(CO)cc1)Nc1ccccc1. The highest BCUT2D eigenvalue weighted by molar-refractivity contribution is 14.0. The number of nitrogens with one attached hydrogen (secondary N) is 1. The highest BCUT2D eigenvalue weighted by Crippen LogP contribution is 2.06. The van der Waals surface area contributed by atoms with Crippen LogP contribution in [-0.4, -0.2) is 17.6 Å². The summed E-state index contributed by atoms with van der Waals surface area (Å²) < 4.78 is 0. The van der Waals surface area contributed by atoms with E-state index in [0.717, 1.165) is 17.7 Å². The van der Waals surface area contributed by atoms with E-state index in [1.807, 2.05) is 54.6 Å². The molecule has 0 spiro atoms. The molecule has 112 valence electrons. The van der Waals surface area contributed by atoms with Gasteiger partial charge in [-0.3, -0.25) is 4.99 Å². The molecule has 0 atom stereocenters. The summed E-state index contributed by atoms with van der Waals surface area (Å²) in [5, 5.41) is 12.0. The number of nitrogens with two attached hydrogens (primary N) is 1. The van der Waals surface area contributed by atoms with Gasteiger partial charge in [0.1, 0.15) is 0 Å².